The van der Waals surface area contributed by atoms with Gasteiger partial charge in [0, 0.05) is 13.8 Å². The molecule has 37 nitrogen and oxygen atoms in total. The molecular formula is C46H78N2O35. The van der Waals surface area contributed by atoms with Crippen LogP contribution in [0, 0.1) is 0 Å². The largest absolute Gasteiger partial charge is 0.394 e. The predicted octanol–water partition coefficient (Wildman–Crippen LogP) is -15.0. The average Bonchev–Trinajstić information content (AvgIpc) is 3.50. The Morgan fingerprint density at radius 1 is 0.337 bits per heavy atom. The average molecular weight is 1220 g/mol. The lowest BCUT2D eigenvalue weighted by Gasteiger charge is -2.50. The van der Waals surface area contributed by atoms with Crippen LogP contribution >= 0.6 is 0 Å². The lowest BCUT2D eigenvalue weighted by atomic mass is 9.94. The first-order valence-corrected chi connectivity index (χ1v) is 26.5. The number of hydrogen-bond acceptors (Lipinski definition) is 35. The van der Waals surface area contributed by atoms with Crippen LogP contribution in [0.25, 0.3) is 0 Å². The monoisotopic (exact) mass is 1220 g/mol. The van der Waals surface area contributed by atoms with Gasteiger partial charge in [-0.25, -0.2) is 0 Å². The molecule has 7 aliphatic rings. The fraction of sp³-hybridized carbons (Fsp3) is 0.957. The van der Waals surface area contributed by atoms with Gasteiger partial charge in [-0.05, 0) is 6.92 Å². The van der Waals surface area contributed by atoms with Crippen molar-refractivity contribution in [2.45, 2.75) is 236 Å². The molecule has 0 spiro atoms. The fourth-order valence-electron chi connectivity index (χ4n) is 10.5. The molecule has 2 amide bonds. The van der Waals surface area contributed by atoms with Crippen LogP contribution < -0.4 is 10.6 Å². The number of amides is 2. The summed E-state index contributed by atoms with van der Waals surface area (Å²) in [6, 6.07) is -3.33. The summed E-state index contributed by atoms with van der Waals surface area (Å²) in [4.78, 5) is 24.6. The van der Waals surface area contributed by atoms with E-state index in [9.17, 15) is 112 Å². The van der Waals surface area contributed by atoms with Crippen molar-refractivity contribution in [2.24, 2.45) is 0 Å². The van der Waals surface area contributed by atoms with E-state index in [2.05, 4.69) is 10.6 Å². The third kappa shape index (κ3) is 14.9. The molecule has 83 heavy (non-hydrogen) atoms. The highest BCUT2D eigenvalue weighted by Gasteiger charge is 2.58. The molecule has 7 heterocycles. The van der Waals surface area contributed by atoms with Crippen LogP contribution in [0.15, 0.2) is 0 Å². The molecule has 0 aromatic carbocycles. The molecule has 7 fully saturated rings. The quantitative estimate of drug-likeness (QED) is 0.0538. The summed E-state index contributed by atoms with van der Waals surface area (Å²) >= 11 is 0. The van der Waals surface area contributed by atoms with E-state index in [4.69, 9.17) is 61.6 Å². The zero-order chi connectivity index (χ0) is 61.2. The van der Waals surface area contributed by atoms with E-state index < -0.39 is 266 Å². The first-order valence-electron chi connectivity index (χ1n) is 26.5. The number of carbonyl (C=O) groups is 2. The predicted molar refractivity (Wildman–Crippen MR) is 254 cm³/mol. The second kappa shape index (κ2) is 29.3. The van der Waals surface area contributed by atoms with E-state index in [1.54, 1.807) is 0 Å². The van der Waals surface area contributed by atoms with E-state index in [1.807, 2.05) is 0 Å². The smallest absolute Gasteiger partial charge is 0.217 e. The van der Waals surface area contributed by atoms with Gasteiger partial charge in [0.2, 0.25) is 11.8 Å². The Labute approximate surface area is 470 Å². The van der Waals surface area contributed by atoms with Crippen LogP contribution in [-0.4, -0.2) is 368 Å². The van der Waals surface area contributed by atoms with Crippen molar-refractivity contribution in [2.75, 3.05) is 39.6 Å². The van der Waals surface area contributed by atoms with Gasteiger partial charge in [0.1, 0.15) is 165 Å². The highest BCUT2D eigenvalue weighted by Crippen LogP contribution is 2.37. The molecule has 0 unspecified atom stereocenters. The number of aliphatic hydroxyl groups excluding tert-OH is 20. The summed E-state index contributed by atoms with van der Waals surface area (Å²) in [6.07, 6.45) is -63.3. The summed E-state index contributed by atoms with van der Waals surface area (Å²) in [7, 11) is 0. The Bertz CT molecular complexity index is 2040. The Hall–Kier alpha value is -2.38. The molecule has 0 radical (unpaired) electrons. The first-order chi connectivity index (χ1) is 39.2. The molecule has 0 aliphatic carbocycles. The maximum atomic E-state index is 12.7. The van der Waals surface area contributed by atoms with Crippen molar-refractivity contribution in [1.29, 1.82) is 0 Å². The molecule has 7 saturated heterocycles. The van der Waals surface area contributed by atoms with Crippen LogP contribution in [0.3, 0.4) is 0 Å². The molecule has 482 valence electrons. The Kier molecular flexibility index (Phi) is 24.0. The third-order valence-corrected chi connectivity index (χ3v) is 15.3. The zero-order valence-corrected chi connectivity index (χ0v) is 44.5. The molecular weight excluding hydrogens is 1140 g/mol. The van der Waals surface area contributed by atoms with Gasteiger partial charge < -0.3 is 174 Å². The van der Waals surface area contributed by atoms with E-state index in [0.29, 0.717) is 0 Å². The maximum absolute atomic E-state index is 12.7. The minimum Gasteiger partial charge on any atom is -0.394 e. The first kappa shape index (κ1) is 68.1. The number of ether oxygens (including phenoxy) is 13. The third-order valence-electron chi connectivity index (χ3n) is 15.3. The molecule has 37 heteroatoms. The van der Waals surface area contributed by atoms with E-state index in [-0.39, 0.29) is 0 Å². The van der Waals surface area contributed by atoms with Crippen LogP contribution in [0.5, 0.6) is 0 Å². The number of nitrogens with one attached hydrogen (secondary N) is 2. The molecule has 0 aromatic rings. The van der Waals surface area contributed by atoms with Crippen molar-refractivity contribution >= 4 is 11.8 Å². The van der Waals surface area contributed by atoms with Crippen LogP contribution in [-0.2, 0) is 71.2 Å². The molecule has 7 rings (SSSR count). The Morgan fingerprint density at radius 3 is 1.17 bits per heavy atom. The van der Waals surface area contributed by atoms with Gasteiger partial charge in [-0.2, -0.15) is 0 Å². The second-order valence-corrected chi connectivity index (χ2v) is 21.1. The van der Waals surface area contributed by atoms with E-state index >= 15 is 0 Å². The van der Waals surface area contributed by atoms with Gasteiger partial charge in [-0.3, -0.25) is 9.59 Å². The maximum Gasteiger partial charge on any atom is 0.217 e. The van der Waals surface area contributed by atoms with Gasteiger partial charge in [0.05, 0.1) is 45.7 Å². The zero-order valence-electron chi connectivity index (χ0n) is 44.5. The topological polar surface area (TPSA) is 583 Å². The van der Waals surface area contributed by atoms with Crippen molar-refractivity contribution in [1.82, 2.24) is 10.6 Å². The number of aliphatic hydroxyl groups is 20. The molecule has 35 atom stereocenters. The second-order valence-electron chi connectivity index (χ2n) is 21.1. The number of hydrogen-bond donors (Lipinski definition) is 22. The molecule has 7 aliphatic heterocycles. The van der Waals surface area contributed by atoms with Crippen LogP contribution in [0.1, 0.15) is 20.8 Å². The van der Waals surface area contributed by atoms with E-state index in [1.165, 1.54) is 6.92 Å². The number of rotatable bonds is 20. The molecule has 0 saturated carbocycles. The summed E-state index contributed by atoms with van der Waals surface area (Å²) in [5.41, 5.74) is 0. The molecule has 0 aromatic heterocycles. The Balaban J connectivity index is 1.16. The van der Waals surface area contributed by atoms with Gasteiger partial charge in [0.25, 0.3) is 0 Å². The highest BCUT2D eigenvalue weighted by atomic mass is 16.8. The lowest BCUT2D eigenvalue weighted by Crippen LogP contribution is -2.70. The number of carbonyl (C=O) groups excluding carboxylic acids is 2. The molecule has 22 N–H and O–H groups in total. The minimum absolute atomic E-state index is 0.729. The van der Waals surface area contributed by atoms with Crippen molar-refractivity contribution in [3.05, 3.63) is 0 Å². The van der Waals surface area contributed by atoms with Gasteiger partial charge in [-0.1, -0.05) is 0 Å². The summed E-state index contributed by atoms with van der Waals surface area (Å²) in [5.74, 6) is -1.58. The summed E-state index contributed by atoms with van der Waals surface area (Å²) in [5, 5.41) is 221. The normalized spacial score (nSPS) is 50.8. The van der Waals surface area contributed by atoms with Gasteiger partial charge in [0.15, 0.2) is 44.0 Å². The standard InChI is InChI=1S/C46H78N2O35/c1-10-21(55)28(62)32(66)44(73-10)82-39-25(59)18(79-46(35(39)69)81-37-16(7-52)77-41(20(27(37)61)48-12(3)54)80-36-15(6-51)74-40(70)19(26(36)60)47-11(2)53)9-72-43-34(68)38(83-45-33(67)30(64)23(57)14(5-50)76-45)24(58)17(78-43)8-71-42-31(65)29(63)22(56)13(4-49)75-42/h10,13-46,49-52,55-70H,4-9H2,1-3H3,(H,47,53)(H,48,54)/t10-,13-,14-,15-,16-,17-,18-,19-,20-,21+,22-,23-,24-,25-,26-,27-,28+,29+,30+,31+,32-,33+,34+,35+,36-,37-,38+,39+,40-,41+,42+,43+,44-,45-,46+/m1/s1. The lowest BCUT2D eigenvalue weighted by molar-refractivity contribution is -0.386. The van der Waals surface area contributed by atoms with Gasteiger partial charge >= 0.3 is 0 Å². The van der Waals surface area contributed by atoms with Crippen molar-refractivity contribution < 1.29 is 173 Å². The Morgan fingerprint density at radius 2 is 0.675 bits per heavy atom. The van der Waals surface area contributed by atoms with Crippen LogP contribution in [0.4, 0.5) is 0 Å². The summed E-state index contributed by atoms with van der Waals surface area (Å²) in [6.45, 7) is -2.39. The highest BCUT2D eigenvalue weighted by molar-refractivity contribution is 5.73. The summed E-state index contributed by atoms with van der Waals surface area (Å²) < 4.78 is 74.6. The van der Waals surface area contributed by atoms with E-state index in [0.717, 1.165) is 13.8 Å². The SMILES string of the molecule is CC(=O)N[C@@H]1[C@@H](O)[C@H](O[C@@H]2O[C@H](CO)[C@@H](O[C@@H]3O[C@H](CO[C@H]4O[C@H](CO[C@H]5O[C@H](CO)[C@@H](O)[C@H](O)[C@@H]5O)[C@@H](O)[C@H](O[C@H]5O[C@H](CO)[C@@H](O)[C@H](O)[C@@H]5O)[C@@H]4O)[C@@H](O)[C@H](O[C@H]4O[C@H](C)[C@H](O)[C@H](O)[C@H]4O)[C@@H]3O)[C@H](O)[C@H]2NC(C)=O)[C@@H](CO)O[C@H]1O. The van der Waals surface area contributed by atoms with Crippen molar-refractivity contribution in [3.63, 3.8) is 0 Å². The minimum atomic E-state index is -2.28. The van der Waals surface area contributed by atoms with Crippen LogP contribution in [0.2, 0.25) is 0 Å². The van der Waals surface area contributed by atoms with Crippen molar-refractivity contribution in [3.8, 4) is 0 Å². The molecule has 0 bridgehead atoms. The van der Waals surface area contributed by atoms with Gasteiger partial charge in [-0.15, -0.1) is 0 Å². The fourth-order valence-corrected chi connectivity index (χ4v) is 10.5.